The fraction of sp³-hybridized carbons (Fsp3) is 0.387. The van der Waals surface area contributed by atoms with Crippen LogP contribution in [-0.4, -0.2) is 18.2 Å². The molecule has 0 heterocycles. The minimum atomic E-state index is -0.790. The van der Waals surface area contributed by atoms with Crippen LogP contribution in [0, 0.1) is 5.41 Å². The summed E-state index contributed by atoms with van der Waals surface area (Å²) in [6, 6.07) is 22.8. The molecule has 4 heteroatoms. The first kappa shape index (κ1) is 24.8. The van der Waals surface area contributed by atoms with E-state index in [2.05, 4.69) is 44.2 Å². The van der Waals surface area contributed by atoms with Crippen LogP contribution >= 0.6 is 0 Å². The number of carbonyl (C=O) groups is 1. The molecule has 0 radical (unpaired) electrons. The Bertz CT molecular complexity index is 1180. The molecular formula is C31H36O4. The Hall–Kier alpha value is -3.27. The number of carboxylic acids is 1. The zero-order chi connectivity index (χ0) is 25.0. The zero-order valence-corrected chi connectivity index (χ0v) is 21.2. The summed E-state index contributed by atoms with van der Waals surface area (Å²) in [6.45, 7) is 7.16. The van der Waals surface area contributed by atoms with Gasteiger partial charge in [0.05, 0.1) is 13.5 Å². The van der Waals surface area contributed by atoms with Gasteiger partial charge in [0.2, 0.25) is 0 Å². The molecule has 1 saturated carbocycles. The van der Waals surface area contributed by atoms with Crippen LogP contribution in [0.3, 0.4) is 0 Å². The first-order valence-electron chi connectivity index (χ1n) is 12.5. The average molecular weight is 473 g/mol. The molecule has 0 amide bonds. The molecule has 35 heavy (non-hydrogen) atoms. The van der Waals surface area contributed by atoms with Gasteiger partial charge in [-0.25, -0.2) is 0 Å². The number of benzene rings is 3. The van der Waals surface area contributed by atoms with Crippen LogP contribution in [-0.2, 0) is 11.4 Å². The van der Waals surface area contributed by atoms with Crippen molar-refractivity contribution >= 4 is 5.97 Å². The van der Waals surface area contributed by atoms with E-state index in [1.54, 1.807) is 7.11 Å². The maximum absolute atomic E-state index is 11.1. The fourth-order valence-corrected chi connectivity index (χ4v) is 5.40. The Morgan fingerprint density at radius 2 is 1.83 bits per heavy atom. The summed E-state index contributed by atoms with van der Waals surface area (Å²) in [6.07, 6.45) is 3.78. The van der Waals surface area contributed by atoms with E-state index in [0.717, 1.165) is 22.6 Å². The second-order valence-corrected chi connectivity index (χ2v) is 10.4. The second kappa shape index (κ2) is 10.6. The van der Waals surface area contributed by atoms with Crippen LogP contribution < -0.4 is 9.47 Å². The molecule has 1 aliphatic rings. The largest absolute Gasteiger partial charge is 0.497 e. The van der Waals surface area contributed by atoms with Gasteiger partial charge in [-0.05, 0) is 82.2 Å². The van der Waals surface area contributed by atoms with Gasteiger partial charge in [0.15, 0.2) is 0 Å². The molecule has 0 aliphatic heterocycles. The Morgan fingerprint density at radius 1 is 1.06 bits per heavy atom. The van der Waals surface area contributed by atoms with Crippen LogP contribution in [0.5, 0.6) is 11.5 Å². The van der Waals surface area contributed by atoms with Crippen LogP contribution in [0.4, 0.5) is 0 Å². The molecule has 4 nitrogen and oxygen atoms in total. The molecule has 1 N–H and O–H groups in total. The molecule has 3 aromatic carbocycles. The summed E-state index contributed by atoms with van der Waals surface area (Å²) in [4.78, 5) is 11.1. The minimum absolute atomic E-state index is 0.0607. The van der Waals surface area contributed by atoms with Crippen molar-refractivity contribution in [2.45, 2.75) is 64.9 Å². The summed E-state index contributed by atoms with van der Waals surface area (Å²) >= 11 is 0. The number of methoxy groups -OCH3 is 1. The van der Waals surface area contributed by atoms with Gasteiger partial charge in [-0.1, -0.05) is 69.7 Å². The topological polar surface area (TPSA) is 55.8 Å². The summed E-state index contributed by atoms with van der Waals surface area (Å²) in [7, 11) is 1.71. The van der Waals surface area contributed by atoms with Crippen molar-refractivity contribution in [3.05, 3.63) is 83.4 Å². The molecule has 184 valence electrons. The number of aliphatic carboxylic acids is 1. The molecule has 0 spiro atoms. The third kappa shape index (κ3) is 5.87. The van der Waals surface area contributed by atoms with Crippen molar-refractivity contribution in [3.8, 4) is 22.6 Å². The third-order valence-electron chi connectivity index (χ3n) is 7.44. The molecule has 1 fully saturated rings. The van der Waals surface area contributed by atoms with E-state index < -0.39 is 5.97 Å². The standard InChI is InChI=1S/C31H36O4/c1-21(16-30(32)33)23-8-5-11-26(18-23)35-20-22-13-14-27(24-9-6-10-25(19-24)34-4)28(17-22)29-12-7-15-31(29,2)3/h5-6,8-11,13-14,17-19,21,29H,7,12,15-16,20H2,1-4H3,(H,32,33)/t21-,29?/m1/s1. The maximum atomic E-state index is 11.1. The molecule has 0 aromatic heterocycles. The summed E-state index contributed by atoms with van der Waals surface area (Å²) in [5.41, 5.74) is 6.18. The second-order valence-electron chi connectivity index (χ2n) is 10.4. The molecule has 1 aliphatic carbocycles. The van der Waals surface area contributed by atoms with E-state index in [9.17, 15) is 4.79 Å². The Balaban J connectivity index is 1.61. The van der Waals surface area contributed by atoms with Gasteiger partial charge in [-0.15, -0.1) is 0 Å². The summed E-state index contributed by atoms with van der Waals surface area (Å²) in [5.74, 6) is 1.27. The van der Waals surface area contributed by atoms with Gasteiger partial charge in [-0.2, -0.15) is 0 Å². The summed E-state index contributed by atoms with van der Waals surface area (Å²) in [5, 5.41) is 9.12. The number of carboxylic acid groups (broad SMARTS) is 1. The predicted octanol–water partition coefficient (Wildman–Crippen LogP) is 7.81. The van der Waals surface area contributed by atoms with E-state index in [1.807, 2.05) is 43.3 Å². The minimum Gasteiger partial charge on any atom is -0.497 e. The van der Waals surface area contributed by atoms with Crippen molar-refractivity contribution in [2.24, 2.45) is 5.41 Å². The predicted molar refractivity (Wildman–Crippen MR) is 140 cm³/mol. The van der Waals surface area contributed by atoms with Gasteiger partial charge < -0.3 is 14.6 Å². The van der Waals surface area contributed by atoms with Gasteiger partial charge in [0.1, 0.15) is 18.1 Å². The highest BCUT2D eigenvalue weighted by molar-refractivity contribution is 5.70. The molecular weight excluding hydrogens is 436 g/mol. The molecule has 2 atom stereocenters. The highest BCUT2D eigenvalue weighted by atomic mass is 16.5. The van der Waals surface area contributed by atoms with Crippen LogP contribution in [0.2, 0.25) is 0 Å². The van der Waals surface area contributed by atoms with Crippen molar-refractivity contribution < 1.29 is 19.4 Å². The fourth-order valence-electron chi connectivity index (χ4n) is 5.40. The van der Waals surface area contributed by atoms with Crippen LogP contribution in [0.25, 0.3) is 11.1 Å². The molecule has 3 aromatic rings. The van der Waals surface area contributed by atoms with E-state index >= 15 is 0 Å². The van der Waals surface area contributed by atoms with Gasteiger partial charge >= 0.3 is 5.97 Å². The lowest BCUT2D eigenvalue weighted by atomic mass is 9.75. The SMILES string of the molecule is COc1cccc(-c2ccc(COc3cccc([C@H](C)CC(=O)O)c3)cc2C2CCCC2(C)C)c1. The van der Waals surface area contributed by atoms with Gasteiger partial charge in [-0.3, -0.25) is 4.79 Å². The number of ether oxygens (including phenoxy) is 2. The van der Waals surface area contributed by atoms with Crippen molar-refractivity contribution in [2.75, 3.05) is 7.11 Å². The lowest BCUT2D eigenvalue weighted by Gasteiger charge is -2.30. The smallest absolute Gasteiger partial charge is 0.303 e. The zero-order valence-electron chi connectivity index (χ0n) is 21.2. The highest BCUT2D eigenvalue weighted by Gasteiger charge is 2.36. The van der Waals surface area contributed by atoms with E-state index in [1.165, 1.54) is 36.0 Å². The molecule has 4 rings (SSSR count). The maximum Gasteiger partial charge on any atom is 0.303 e. The molecule has 1 unspecified atom stereocenters. The summed E-state index contributed by atoms with van der Waals surface area (Å²) < 4.78 is 11.7. The molecule has 0 bridgehead atoms. The van der Waals surface area contributed by atoms with Crippen LogP contribution in [0.1, 0.15) is 75.0 Å². The van der Waals surface area contributed by atoms with Crippen molar-refractivity contribution in [1.29, 1.82) is 0 Å². The van der Waals surface area contributed by atoms with E-state index in [0.29, 0.717) is 12.5 Å². The Morgan fingerprint density at radius 3 is 2.54 bits per heavy atom. The molecule has 0 saturated heterocycles. The number of rotatable bonds is 9. The first-order chi connectivity index (χ1) is 16.8. The average Bonchev–Trinajstić information content (AvgIpc) is 3.21. The highest BCUT2D eigenvalue weighted by Crippen LogP contribution is 2.51. The third-order valence-corrected chi connectivity index (χ3v) is 7.44. The van der Waals surface area contributed by atoms with Crippen molar-refractivity contribution in [3.63, 3.8) is 0 Å². The van der Waals surface area contributed by atoms with E-state index in [4.69, 9.17) is 14.6 Å². The first-order valence-corrected chi connectivity index (χ1v) is 12.5. The number of hydrogen-bond acceptors (Lipinski definition) is 3. The Labute approximate surface area is 208 Å². The van der Waals surface area contributed by atoms with Gasteiger partial charge in [0.25, 0.3) is 0 Å². The quantitative estimate of drug-likeness (QED) is 0.345. The number of hydrogen-bond donors (Lipinski definition) is 1. The van der Waals surface area contributed by atoms with Crippen LogP contribution in [0.15, 0.2) is 66.7 Å². The monoisotopic (exact) mass is 472 g/mol. The Kier molecular flexibility index (Phi) is 7.49. The lowest BCUT2D eigenvalue weighted by molar-refractivity contribution is -0.137. The van der Waals surface area contributed by atoms with Gasteiger partial charge in [0, 0.05) is 0 Å². The normalized spacial score (nSPS) is 17.7. The van der Waals surface area contributed by atoms with E-state index in [-0.39, 0.29) is 17.8 Å². The lowest BCUT2D eigenvalue weighted by Crippen LogP contribution is -2.16. The van der Waals surface area contributed by atoms with Crippen molar-refractivity contribution in [1.82, 2.24) is 0 Å².